The van der Waals surface area contributed by atoms with Crippen LogP contribution >= 0.6 is 11.3 Å². The van der Waals surface area contributed by atoms with Crippen LogP contribution < -0.4 is 10.1 Å². The molecular formula is C19H19N3O2S. The largest absolute Gasteiger partial charge is 0.497 e. The number of benzene rings is 1. The van der Waals surface area contributed by atoms with Gasteiger partial charge < -0.3 is 10.1 Å². The van der Waals surface area contributed by atoms with Gasteiger partial charge in [-0.3, -0.25) is 9.48 Å². The van der Waals surface area contributed by atoms with Crippen LogP contribution in [0.4, 0.5) is 0 Å². The van der Waals surface area contributed by atoms with Crippen molar-refractivity contribution in [3.8, 4) is 16.2 Å². The fourth-order valence-electron chi connectivity index (χ4n) is 2.59. The number of nitrogens with zero attached hydrogens (tertiary/aromatic N) is 2. The van der Waals surface area contributed by atoms with Crippen molar-refractivity contribution in [3.05, 3.63) is 59.2 Å². The minimum absolute atomic E-state index is 0.0318. The van der Waals surface area contributed by atoms with E-state index in [1.807, 2.05) is 53.5 Å². The molecule has 1 aliphatic carbocycles. The second-order valence-electron chi connectivity index (χ2n) is 6.19. The molecule has 1 fully saturated rings. The Kier molecular flexibility index (Phi) is 4.28. The van der Waals surface area contributed by atoms with Gasteiger partial charge in [-0.05, 0) is 42.7 Å². The zero-order valence-electron chi connectivity index (χ0n) is 13.9. The fourth-order valence-corrected chi connectivity index (χ4v) is 3.48. The van der Waals surface area contributed by atoms with Gasteiger partial charge in [-0.2, -0.15) is 5.10 Å². The molecule has 4 rings (SSSR count). The summed E-state index contributed by atoms with van der Waals surface area (Å²) < 4.78 is 7.08. The molecule has 2 aromatic heterocycles. The second kappa shape index (κ2) is 6.72. The third-order valence-corrected chi connectivity index (χ3v) is 5.30. The highest BCUT2D eigenvalue weighted by molar-refractivity contribution is 7.17. The second-order valence-corrected chi connectivity index (χ2v) is 7.27. The molecule has 1 amide bonds. The summed E-state index contributed by atoms with van der Waals surface area (Å²) in [6, 6.07) is 12.2. The minimum Gasteiger partial charge on any atom is -0.497 e. The standard InChI is InChI=1S/C19H19N3O2S/c1-24-16-6-2-13(3-7-16)11-22-12-14(10-20-22)17-8-9-18(25-17)19(23)21-15-4-5-15/h2-3,6-10,12,15H,4-5,11H2,1H3,(H,21,23). The lowest BCUT2D eigenvalue weighted by molar-refractivity contribution is 0.0955. The molecule has 1 aromatic carbocycles. The number of ether oxygens (including phenoxy) is 1. The number of aromatic nitrogens is 2. The highest BCUT2D eigenvalue weighted by Crippen LogP contribution is 2.29. The van der Waals surface area contributed by atoms with Crippen LogP contribution in [0.2, 0.25) is 0 Å². The number of hydrogen-bond acceptors (Lipinski definition) is 4. The van der Waals surface area contributed by atoms with Gasteiger partial charge in [0.1, 0.15) is 5.75 Å². The Labute approximate surface area is 150 Å². The first-order valence-electron chi connectivity index (χ1n) is 8.28. The van der Waals surface area contributed by atoms with Gasteiger partial charge in [0, 0.05) is 22.7 Å². The molecule has 0 aliphatic heterocycles. The summed E-state index contributed by atoms with van der Waals surface area (Å²) in [5.74, 6) is 0.880. The molecular weight excluding hydrogens is 334 g/mol. The van der Waals surface area contributed by atoms with Gasteiger partial charge in [-0.15, -0.1) is 11.3 Å². The smallest absolute Gasteiger partial charge is 0.261 e. The highest BCUT2D eigenvalue weighted by Gasteiger charge is 2.24. The number of nitrogens with one attached hydrogen (secondary N) is 1. The van der Waals surface area contributed by atoms with Gasteiger partial charge in [-0.25, -0.2) is 0 Å². The molecule has 1 N–H and O–H groups in total. The first-order valence-corrected chi connectivity index (χ1v) is 9.09. The SMILES string of the molecule is COc1ccc(Cn2cc(-c3ccc(C(=O)NC4CC4)s3)cn2)cc1. The molecule has 0 bridgehead atoms. The molecule has 128 valence electrons. The number of amides is 1. The van der Waals surface area contributed by atoms with Crippen LogP contribution in [0.5, 0.6) is 5.75 Å². The van der Waals surface area contributed by atoms with Crippen molar-refractivity contribution in [2.24, 2.45) is 0 Å². The maximum atomic E-state index is 12.1. The van der Waals surface area contributed by atoms with Crippen LogP contribution in [0.1, 0.15) is 28.1 Å². The molecule has 0 atom stereocenters. The van der Waals surface area contributed by atoms with Gasteiger partial charge in [0.05, 0.1) is 24.7 Å². The first kappa shape index (κ1) is 15.9. The van der Waals surface area contributed by atoms with Crippen LogP contribution in [0.3, 0.4) is 0 Å². The van der Waals surface area contributed by atoms with E-state index in [2.05, 4.69) is 10.4 Å². The Morgan fingerprint density at radius 2 is 2.08 bits per heavy atom. The quantitative estimate of drug-likeness (QED) is 0.737. The van der Waals surface area contributed by atoms with E-state index in [0.717, 1.165) is 39.5 Å². The molecule has 6 heteroatoms. The highest BCUT2D eigenvalue weighted by atomic mass is 32.1. The van der Waals surface area contributed by atoms with E-state index in [4.69, 9.17) is 4.74 Å². The number of thiophene rings is 1. The Bertz CT molecular complexity index is 878. The summed E-state index contributed by atoms with van der Waals surface area (Å²) in [6.45, 7) is 0.699. The lowest BCUT2D eigenvalue weighted by atomic mass is 10.2. The summed E-state index contributed by atoms with van der Waals surface area (Å²) in [4.78, 5) is 13.9. The predicted octanol–water partition coefficient (Wildman–Crippen LogP) is 3.56. The zero-order chi connectivity index (χ0) is 17.2. The molecule has 2 heterocycles. The van der Waals surface area contributed by atoms with Crippen molar-refractivity contribution in [2.45, 2.75) is 25.4 Å². The van der Waals surface area contributed by atoms with Crippen molar-refractivity contribution >= 4 is 17.2 Å². The normalized spacial score (nSPS) is 13.6. The average Bonchev–Trinajstić information content (AvgIpc) is 3.12. The lowest BCUT2D eigenvalue weighted by Crippen LogP contribution is -2.24. The molecule has 0 unspecified atom stereocenters. The Balaban J connectivity index is 1.45. The van der Waals surface area contributed by atoms with Crippen molar-refractivity contribution in [1.29, 1.82) is 0 Å². The van der Waals surface area contributed by atoms with E-state index in [9.17, 15) is 4.79 Å². The van der Waals surface area contributed by atoms with Gasteiger partial charge in [0.25, 0.3) is 5.91 Å². The van der Waals surface area contributed by atoms with E-state index in [1.54, 1.807) is 7.11 Å². The first-order chi connectivity index (χ1) is 12.2. The van der Waals surface area contributed by atoms with E-state index in [-0.39, 0.29) is 5.91 Å². The van der Waals surface area contributed by atoms with Gasteiger partial charge in [0.2, 0.25) is 0 Å². The third kappa shape index (κ3) is 3.74. The fraction of sp³-hybridized carbons (Fsp3) is 0.263. The number of carbonyl (C=O) groups excluding carboxylic acids is 1. The van der Waals surface area contributed by atoms with Crippen LogP contribution in [-0.4, -0.2) is 28.8 Å². The van der Waals surface area contributed by atoms with Gasteiger partial charge in [-0.1, -0.05) is 12.1 Å². The van der Waals surface area contributed by atoms with E-state index < -0.39 is 0 Å². The number of hydrogen-bond donors (Lipinski definition) is 1. The molecule has 0 radical (unpaired) electrons. The van der Waals surface area contributed by atoms with Crippen LogP contribution in [0.15, 0.2) is 48.8 Å². The van der Waals surface area contributed by atoms with Crippen molar-refractivity contribution in [3.63, 3.8) is 0 Å². The van der Waals surface area contributed by atoms with Gasteiger partial charge >= 0.3 is 0 Å². The van der Waals surface area contributed by atoms with E-state index in [0.29, 0.717) is 12.6 Å². The lowest BCUT2D eigenvalue weighted by Gasteiger charge is -2.03. The molecule has 0 saturated heterocycles. The Hall–Kier alpha value is -2.60. The van der Waals surface area contributed by atoms with E-state index in [1.165, 1.54) is 11.3 Å². The zero-order valence-corrected chi connectivity index (χ0v) is 14.8. The minimum atomic E-state index is 0.0318. The molecule has 5 nitrogen and oxygen atoms in total. The molecule has 3 aromatic rings. The monoisotopic (exact) mass is 353 g/mol. The molecule has 1 saturated carbocycles. The van der Waals surface area contributed by atoms with Crippen molar-refractivity contribution in [2.75, 3.05) is 7.11 Å². The molecule has 25 heavy (non-hydrogen) atoms. The maximum absolute atomic E-state index is 12.1. The predicted molar refractivity (Wildman–Crippen MR) is 98.1 cm³/mol. The number of carbonyl (C=O) groups is 1. The average molecular weight is 353 g/mol. The van der Waals surface area contributed by atoms with Crippen LogP contribution in [0, 0.1) is 0 Å². The topological polar surface area (TPSA) is 56.1 Å². The molecule has 0 spiro atoms. The Morgan fingerprint density at radius 3 is 2.80 bits per heavy atom. The number of methoxy groups -OCH3 is 1. The van der Waals surface area contributed by atoms with E-state index >= 15 is 0 Å². The molecule has 1 aliphatic rings. The van der Waals surface area contributed by atoms with Crippen LogP contribution in [-0.2, 0) is 6.54 Å². The van der Waals surface area contributed by atoms with Crippen LogP contribution in [0.25, 0.3) is 10.4 Å². The summed E-state index contributed by atoms with van der Waals surface area (Å²) in [7, 11) is 1.66. The summed E-state index contributed by atoms with van der Waals surface area (Å²) in [5.41, 5.74) is 2.19. The summed E-state index contributed by atoms with van der Waals surface area (Å²) in [5, 5.41) is 7.46. The Morgan fingerprint density at radius 1 is 1.28 bits per heavy atom. The summed E-state index contributed by atoms with van der Waals surface area (Å²) in [6.07, 6.45) is 6.06. The number of rotatable bonds is 6. The maximum Gasteiger partial charge on any atom is 0.261 e. The van der Waals surface area contributed by atoms with Gasteiger partial charge in [0.15, 0.2) is 0 Å². The summed E-state index contributed by atoms with van der Waals surface area (Å²) >= 11 is 1.51. The third-order valence-electron chi connectivity index (χ3n) is 4.16. The van der Waals surface area contributed by atoms with Crippen molar-refractivity contribution in [1.82, 2.24) is 15.1 Å². The van der Waals surface area contributed by atoms with Crippen molar-refractivity contribution < 1.29 is 9.53 Å².